The molecule has 0 spiro atoms. The number of benzene rings is 1. The van der Waals surface area contributed by atoms with Crippen LogP contribution >= 0.6 is 0 Å². The number of hydrazine groups is 1. The van der Waals surface area contributed by atoms with Gasteiger partial charge in [-0.3, -0.25) is 9.99 Å². The molecular weight excluding hydrogens is 316 g/mol. The van der Waals surface area contributed by atoms with Crippen LogP contribution in [0, 0.1) is 0 Å². The quantitative estimate of drug-likeness (QED) is 0.801. The maximum atomic E-state index is 12.1. The van der Waals surface area contributed by atoms with E-state index in [2.05, 4.69) is 15.3 Å². The molecule has 0 bridgehead atoms. The van der Waals surface area contributed by atoms with Crippen molar-refractivity contribution in [2.45, 2.75) is 18.9 Å². The van der Waals surface area contributed by atoms with Crippen LogP contribution in [0.15, 0.2) is 54.9 Å². The number of aromatic nitrogens is 1. The van der Waals surface area contributed by atoms with Crippen molar-refractivity contribution < 1.29 is 9.90 Å². The summed E-state index contributed by atoms with van der Waals surface area (Å²) in [4.78, 5) is 16.1. The lowest BCUT2D eigenvalue weighted by molar-refractivity contribution is -0.139. The second-order valence-corrected chi connectivity index (χ2v) is 6.13. The maximum Gasteiger partial charge on any atom is 0.327 e. The van der Waals surface area contributed by atoms with Crippen LogP contribution in [0.5, 0.6) is 0 Å². The summed E-state index contributed by atoms with van der Waals surface area (Å²) in [5.41, 5.74) is 2.03. The highest BCUT2D eigenvalue weighted by Crippen LogP contribution is 2.23. The lowest BCUT2D eigenvalue weighted by Gasteiger charge is -2.42. The first-order valence-electron chi connectivity index (χ1n) is 8.67. The summed E-state index contributed by atoms with van der Waals surface area (Å²) < 4.78 is 0. The van der Waals surface area contributed by atoms with Crippen molar-refractivity contribution in [3.8, 4) is 0 Å². The van der Waals surface area contributed by atoms with E-state index in [-0.39, 0.29) is 0 Å². The van der Waals surface area contributed by atoms with Crippen LogP contribution < -0.4 is 10.3 Å². The van der Waals surface area contributed by atoms with Gasteiger partial charge in [-0.05, 0) is 42.7 Å². The van der Waals surface area contributed by atoms with Crippen LogP contribution in [0.2, 0.25) is 0 Å². The molecule has 2 heterocycles. The largest absolute Gasteiger partial charge is 0.480 e. The molecule has 3 rings (SSSR count). The number of carbonyl (C=O) groups is 1. The molecule has 0 saturated carbocycles. The van der Waals surface area contributed by atoms with Crippen molar-refractivity contribution in [2.75, 3.05) is 31.2 Å². The summed E-state index contributed by atoms with van der Waals surface area (Å²) in [5, 5.41) is 17.4. The summed E-state index contributed by atoms with van der Waals surface area (Å²) in [5.74, 6) is -0.795. The second kappa shape index (κ2) is 8.60. The number of nitrogens with zero attached hydrogens (tertiary/aromatic N) is 3. The smallest absolute Gasteiger partial charge is 0.327 e. The fourth-order valence-corrected chi connectivity index (χ4v) is 3.19. The number of carboxylic acid groups (broad SMARTS) is 1. The number of aryl methyl sites for hydroxylation is 1. The number of aliphatic carboxylic acids is 1. The molecule has 132 valence electrons. The Kier molecular flexibility index (Phi) is 5.98. The third-order valence-corrected chi connectivity index (χ3v) is 4.45. The van der Waals surface area contributed by atoms with Gasteiger partial charge in [-0.15, -0.1) is 0 Å². The van der Waals surface area contributed by atoms with E-state index in [0.717, 1.165) is 37.4 Å². The number of para-hydroxylation sites is 1. The molecule has 0 aliphatic carbocycles. The summed E-state index contributed by atoms with van der Waals surface area (Å²) >= 11 is 0. The van der Waals surface area contributed by atoms with Crippen LogP contribution in [-0.2, 0) is 11.2 Å². The normalized spacial score (nSPS) is 16.3. The van der Waals surface area contributed by atoms with Gasteiger partial charge < -0.3 is 10.4 Å². The molecule has 6 heteroatoms. The first-order chi connectivity index (χ1) is 12.3. The number of anilines is 1. The van der Waals surface area contributed by atoms with Gasteiger partial charge in [0.05, 0.1) is 5.69 Å². The minimum absolute atomic E-state index is 0.540. The summed E-state index contributed by atoms with van der Waals surface area (Å²) in [6.45, 7) is 3.32. The average Bonchev–Trinajstić information content (AvgIpc) is 2.67. The molecule has 2 N–H and O–H groups in total. The van der Waals surface area contributed by atoms with Crippen LogP contribution in [-0.4, -0.2) is 53.3 Å². The van der Waals surface area contributed by atoms with Crippen LogP contribution in [0.25, 0.3) is 0 Å². The lowest BCUT2D eigenvalue weighted by Crippen LogP contribution is -2.58. The molecule has 1 aromatic heterocycles. The number of pyridine rings is 1. The zero-order valence-corrected chi connectivity index (χ0v) is 14.2. The summed E-state index contributed by atoms with van der Waals surface area (Å²) in [7, 11) is 0. The molecule has 1 unspecified atom stereocenters. The Bertz CT molecular complexity index is 660. The standard InChI is InChI=1S/C19H24N4O2/c24-19(25)18(7-6-16-8-10-20-11-9-16)23(17-4-2-1-3-5-17)22-14-12-21-13-15-22/h1-5,8-11,18,21H,6-7,12-15H2,(H,24,25). The molecule has 6 nitrogen and oxygen atoms in total. The number of piperazine rings is 1. The van der Waals surface area contributed by atoms with Crippen molar-refractivity contribution in [2.24, 2.45) is 0 Å². The Balaban J connectivity index is 1.83. The summed E-state index contributed by atoms with van der Waals surface area (Å²) in [6, 6.07) is 13.1. The third kappa shape index (κ3) is 4.55. The second-order valence-electron chi connectivity index (χ2n) is 6.13. The number of hydrogen-bond donors (Lipinski definition) is 2. The molecule has 25 heavy (non-hydrogen) atoms. The van der Waals surface area contributed by atoms with Crippen LogP contribution in [0.1, 0.15) is 12.0 Å². The number of hydrogen-bond acceptors (Lipinski definition) is 5. The number of carboxylic acids is 1. The topological polar surface area (TPSA) is 68.7 Å². The van der Waals surface area contributed by atoms with Gasteiger partial charge in [-0.1, -0.05) is 18.2 Å². The molecule has 1 atom stereocenters. The van der Waals surface area contributed by atoms with Crippen molar-refractivity contribution >= 4 is 11.7 Å². The number of nitrogens with one attached hydrogen (secondary N) is 1. The fraction of sp³-hybridized carbons (Fsp3) is 0.368. The van der Waals surface area contributed by atoms with E-state index in [9.17, 15) is 9.90 Å². The van der Waals surface area contributed by atoms with Crippen LogP contribution in [0.3, 0.4) is 0 Å². The van der Waals surface area contributed by atoms with E-state index in [0.29, 0.717) is 12.8 Å². The molecule has 1 aliphatic rings. The Morgan fingerprint density at radius 2 is 1.84 bits per heavy atom. The van der Waals surface area contributed by atoms with Crippen molar-refractivity contribution in [3.05, 3.63) is 60.4 Å². The first kappa shape index (κ1) is 17.4. The molecule has 1 aliphatic heterocycles. The zero-order chi connectivity index (χ0) is 17.5. The minimum Gasteiger partial charge on any atom is -0.480 e. The molecule has 2 aromatic rings. The Morgan fingerprint density at radius 3 is 2.48 bits per heavy atom. The highest BCUT2D eigenvalue weighted by atomic mass is 16.4. The van der Waals surface area contributed by atoms with E-state index in [1.54, 1.807) is 12.4 Å². The third-order valence-electron chi connectivity index (χ3n) is 4.45. The molecule has 0 amide bonds. The van der Waals surface area contributed by atoms with Gasteiger partial charge in [0.2, 0.25) is 0 Å². The van der Waals surface area contributed by atoms with Gasteiger partial charge >= 0.3 is 5.97 Å². The van der Waals surface area contributed by atoms with E-state index in [1.165, 1.54) is 0 Å². The summed E-state index contributed by atoms with van der Waals surface area (Å²) in [6.07, 6.45) is 4.74. The van der Waals surface area contributed by atoms with Gasteiger partial charge in [0, 0.05) is 38.6 Å². The predicted molar refractivity (Wildman–Crippen MR) is 97.3 cm³/mol. The van der Waals surface area contributed by atoms with E-state index < -0.39 is 12.0 Å². The molecule has 1 saturated heterocycles. The van der Waals surface area contributed by atoms with E-state index >= 15 is 0 Å². The van der Waals surface area contributed by atoms with Crippen LogP contribution in [0.4, 0.5) is 5.69 Å². The van der Waals surface area contributed by atoms with Crippen molar-refractivity contribution in [3.63, 3.8) is 0 Å². The van der Waals surface area contributed by atoms with Gasteiger partial charge in [0.1, 0.15) is 6.04 Å². The SMILES string of the molecule is O=C(O)C(CCc1ccncc1)N(c1ccccc1)N1CCNCC1. The van der Waals surface area contributed by atoms with Gasteiger partial charge in [0.15, 0.2) is 0 Å². The van der Waals surface area contributed by atoms with Gasteiger partial charge in [0.25, 0.3) is 0 Å². The highest BCUT2D eigenvalue weighted by molar-refractivity contribution is 5.78. The highest BCUT2D eigenvalue weighted by Gasteiger charge is 2.31. The average molecular weight is 340 g/mol. The molecule has 0 radical (unpaired) electrons. The van der Waals surface area contributed by atoms with E-state index in [1.807, 2.05) is 47.5 Å². The zero-order valence-electron chi connectivity index (χ0n) is 14.2. The number of rotatable bonds is 7. The Hall–Kier alpha value is -2.44. The lowest BCUT2D eigenvalue weighted by atomic mass is 10.1. The van der Waals surface area contributed by atoms with E-state index in [4.69, 9.17) is 0 Å². The first-order valence-corrected chi connectivity index (χ1v) is 8.67. The molecule has 1 aromatic carbocycles. The predicted octanol–water partition coefficient (Wildman–Crippen LogP) is 1.79. The van der Waals surface area contributed by atoms with Gasteiger partial charge in [-0.25, -0.2) is 9.80 Å². The monoisotopic (exact) mass is 340 g/mol. The molecule has 1 fully saturated rings. The maximum absolute atomic E-state index is 12.1. The Labute approximate surface area is 148 Å². The van der Waals surface area contributed by atoms with Crippen molar-refractivity contribution in [1.29, 1.82) is 0 Å². The fourth-order valence-electron chi connectivity index (χ4n) is 3.19. The van der Waals surface area contributed by atoms with Gasteiger partial charge in [-0.2, -0.15) is 0 Å². The molecular formula is C19H24N4O2. The minimum atomic E-state index is -0.795. The van der Waals surface area contributed by atoms with Crippen molar-refractivity contribution in [1.82, 2.24) is 15.3 Å². The Morgan fingerprint density at radius 1 is 1.16 bits per heavy atom.